The van der Waals surface area contributed by atoms with Crippen LogP contribution in [0.2, 0.25) is 0 Å². The SMILES string of the molecule is CCNCc1cncn1C1CC(OCC)C1(C)C. The van der Waals surface area contributed by atoms with Crippen LogP contribution in [-0.4, -0.2) is 28.8 Å². The lowest BCUT2D eigenvalue weighted by atomic mass is 9.64. The third kappa shape index (κ3) is 2.31. The molecule has 0 saturated heterocycles. The fourth-order valence-corrected chi connectivity index (χ4v) is 2.82. The maximum Gasteiger partial charge on any atom is 0.0951 e. The van der Waals surface area contributed by atoms with E-state index in [0.29, 0.717) is 12.1 Å². The molecule has 0 amide bonds. The standard InChI is InChI=1S/C14H25N3O/c1-5-15-8-11-9-16-10-17(11)12-7-13(18-6-2)14(12,3)4/h9-10,12-13,15H,5-8H2,1-4H3. The van der Waals surface area contributed by atoms with Gasteiger partial charge in [0.2, 0.25) is 0 Å². The third-order valence-corrected chi connectivity index (χ3v) is 4.13. The van der Waals surface area contributed by atoms with Crippen molar-refractivity contribution in [2.45, 2.75) is 52.8 Å². The van der Waals surface area contributed by atoms with E-state index in [9.17, 15) is 0 Å². The monoisotopic (exact) mass is 251 g/mol. The van der Waals surface area contributed by atoms with Crippen LogP contribution in [0.1, 0.15) is 45.9 Å². The Labute approximate surface area is 110 Å². The van der Waals surface area contributed by atoms with Crippen LogP contribution in [0, 0.1) is 5.41 Å². The fraction of sp³-hybridized carbons (Fsp3) is 0.786. The van der Waals surface area contributed by atoms with Gasteiger partial charge < -0.3 is 14.6 Å². The molecule has 1 heterocycles. The lowest BCUT2D eigenvalue weighted by molar-refractivity contribution is -0.128. The van der Waals surface area contributed by atoms with Crippen molar-refractivity contribution in [2.24, 2.45) is 5.41 Å². The summed E-state index contributed by atoms with van der Waals surface area (Å²) in [5.41, 5.74) is 1.46. The first kappa shape index (κ1) is 13.6. The molecular formula is C14H25N3O. The number of ether oxygens (including phenoxy) is 1. The van der Waals surface area contributed by atoms with Crippen LogP contribution in [0.15, 0.2) is 12.5 Å². The van der Waals surface area contributed by atoms with Crippen molar-refractivity contribution in [2.75, 3.05) is 13.2 Å². The molecule has 0 radical (unpaired) electrons. The second-order valence-corrected chi connectivity index (χ2v) is 5.59. The van der Waals surface area contributed by atoms with E-state index in [1.807, 2.05) is 12.5 Å². The molecular weight excluding hydrogens is 226 g/mol. The topological polar surface area (TPSA) is 39.1 Å². The van der Waals surface area contributed by atoms with E-state index in [4.69, 9.17) is 4.74 Å². The van der Waals surface area contributed by atoms with Gasteiger partial charge in [0.15, 0.2) is 0 Å². The van der Waals surface area contributed by atoms with Crippen LogP contribution in [0.25, 0.3) is 0 Å². The quantitative estimate of drug-likeness (QED) is 0.843. The Bertz CT molecular complexity index is 386. The normalized spacial score (nSPS) is 26.0. The van der Waals surface area contributed by atoms with E-state index < -0.39 is 0 Å². The van der Waals surface area contributed by atoms with Gasteiger partial charge in [-0.05, 0) is 19.9 Å². The van der Waals surface area contributed by atoms with Crippen molar-refractivity contribution in [3.63, 3.8) is 0 Å². The van der Waals surface area contributed by atoms with Gasteiger partial charge in [-0.3, -0.25) is 0 Å². The lowest BCUT2D eigenvalue weighted by Gasteiger charge is -2.52. The van der Waals surface area contributed by atoms with Gasteiger partial charge in [-0.25, -0.2) is 4.98 Å². The van der Waals surface area contributed by atoms with Gasteiger partial charge in [0.25, 0.3) is 0 Å². The largest absolute Gasteiger partial charge is 0.378 e. The molecule has 1 aliphatic rings. The number of rotatable bonds is 6. The Morgan fingerprint density at radius 2 is 2.28 bits per heavy atom. The van der Waals surface area contributed by atoms with E-state index >= 15 is 0 Å². The van der Waals surface area contributed by atoms with Crippen LogP contribution < -0.4 is 5.32 Å². The van der Waals surface area contributed by atoms with Gasteiger partial charge in [-0.1, -0.05) is 20.8 Å². The van der Waals surface area contributed by atoms with Gasteiger partial charge in [0.05, 0.1) is 18.1 Å². The Hall–Kier alpha value is -0.870. The maximum absolute atomic E-state index is 5.79. The van der Waals surface area contributed by atoms with Gasteiger partial charge in [-0.15, -0.1) is 0 Å². The minimum Gasteiger partial charge on any atom is -0.378 e. The number of hydrogen-bond acceptors (Lipinski definition) is 3. The summed E-state index contributed by atoms with van der Waals surface area (Å²) in [6.07, 6.45) is 5.39. The Morgan fingerprint density at radius 1 is 1.50 bits per heavy atom. The summed E-state index contributed by atoms with van der Waals surface area (Å²) in [4.78, 5) is 4.30. The Morgan fingerprint density at radius 3 is 2.89 bits per heavy atom. The number of imidazole rings is 1. The molecule has 1 aromatic heterocycles. The first-order chi connectivity index (χ1) is 8.61. The zero-order valence-electron chi connectivity index (χ0n) is 11.9. The fourth-order valence-electron chi connectivity index (χ4n) is 2.82. The molecule has 2 rings (SSSR count). The van der Waals surface area contributed by atoms with Gasteiger partial charge in [-0.2, -0.15) is 0 Å². The third-order valence-electron chi connectivity index (χ3n) is 4.13. The summed E-state index contributed by atoms with van der Waals surface area (Å²) in [7, 11) is 0. The van der Waals surface area contributed by atoms with Crippen LogP contribution >= 0.6 is 0 Å². The van der Waals surface area contributed by atoms with E-state index in [1.165, 1.54) is 5.69 Å². The molecule has 0 bridgehead atoms. The molecule has 2 unspecified atom stereocenters. The van der Waals surface area contributed by atoms with Crippen LogP contribution in [0.5, 0.6) is 0 Å². The maximum atomic E-state index is 5.79. The number of aromatic nitrogens is 2. The van der Waals surface area contributed by atoms with Crippen LogP contribution in [0.3, 0.4) is 0 Å². The average molecular weight is 251 g/mol. The Kier molecular flexibility index (Phi) is 4.07. The summed E-state index contributed by atoms with van der Waals surface area (Å²) < 4.78 is 8.11. The van der Waals surface area contributed by atoms with E-state index in [2.05, 4.69) is 42.6 Å². The minimum absolute atomic E-state index is 0.192. The molecule has 0 aromatic carbocycles. The highest BCUT2D eigenvalue weighted by molar-refractivity contribution is 5.09. The summed E-state index contributed by atoms with van der Waals surface area (Å²) in [5.74, 6) is 0. The average Bonchev–Trinajstić information content (AvgIpc) is 2.79. The van der Waals surface area contributed by atoms with E-state index in [1.54, 1.807) is 0 Å². The van der Waals surface area contributed by atoms with E-state index in [0.717, 1.165) is 26.1 Å². The van der Waals surface area contributed by atoms with Crippen LogP contribution in [0.4, 0.5) is 0 Å². The zero-order valence-corrected chi connectivity index (χ0v) is 11.9. The summed E-state index contributed by atoms with van der Waals surface area (Å²) >= 11 is 0. The van der Waals surface area contributed by atoms with E-state index in [-0.39, 0.29) is 5.41 Å². The van der Waals surface area contributed by atoms with Gasteiger partial charge in [0, 0.05) is 30.8 Å². The van der Waals surface area contributed by atoms with Crippen molar-refractivity contribution in [3.8, 4) is 0 Å². The van der Waals surface area contributed by atoms with Crippen molar-refractivity contribution in [1.29, 1.82) is 0 Å². The molecule has 18 heavy (non-hydrogen) atoms. The second kappa shape index (κ2) is 5.41. The number of hydrogen-bond donors (Lipinski definition) is 1. The lowest BCUT2D eigenvalue weighted by Crippen LogP contribution is -2.51. The molecule has 0 aliphatic heterocycles. The van der Waals surface area contributed by atoms with Crippen molar-refractivity contribution >= 4 is 0 Å². The zero-order chi connectivity index (χ0) is 13.2. The number of nitrogens with one attached hydrogen (secondary N) is 1. The minimum atomic E-state index is 0.192. The first-order valence-corrected chi connectivity index (χ1v) is 6.94. The molecule has 102 valence electrons. The first-order valence-electron chi connectivity index (χ1n) is 6.94. The Balaban J connectivity index is 2.07. The van der Waals surface area contributed by atoms with Gasteiger partial charge >= 0.3 is 0 Å². The molecule has 1 saturated carbocycles. The summed E-state index contributed by atoms with van der Waals surface area (Å²) in [6, 6.07) is 0.505. The summed E-state index contributed by atoms with van der Waals surface area (Å²) in [5, 5.41) is 3.37. The highest BCUT2D eigenvalue weighted by atomic mass is 16.5. The molecule has 4 nitrogen and oxygen atoms in total. The summed E-state index contributed by atoms with van der Waals surface area (Å²) in [6.45, 7) is 11.4. The predicted molar refractivity (Wildman–Crippen MR) is 72.5 cm³/mol. The van der Waals surface area contributed by atoms with Crippen molar-refractivity contribution < 1.29 is 4.74 Å². The van der Waals surface area contributed by atoms with Crippen LogP contribution in [-0.2, 0) is 11.3 Å². The molecule has 2 atom stereocenters. The molecule has 1 aromatic rings. The molecule has 1 N–H and O–H groups in total. The molecule has 0 spiro atoms. The van der Waals surface area contributed by atoms with Crippen molar-refractivity contribution in [3.05, 3.63) is 18.2 Å². The molecule has 4 heteroatoms. The molecule has 1 aliphatic carbocycles. The van der Waals surface area contributed by atoms with Crippen molar-refractivity contribution in [1.82, 2.24) is 14.9 Å². The highest BCUT2D eigenvalue weighted by Gasteiger charge is 2.50. The smallest absolute Gasteiger partial charge is 0.0951 e. The van der Waals surface area contributed by atoms with Gasteiger partial charge in [0.1, 0.15) is 0 Å². The highest BCUT2D eigenvalue weighted by Crippen LogP contribution is 2.51. The predicted octanol–water partition coefficient (Wildman–Crippen LogP) is 2.37. The molecule has 1 fully saturated rings. The number of nitrogens with zero attached hydrogens (tertiary/aromatic N) is 2. The second-order valence-electron chi connectivity index (χ2n) is 5.59.